The van der Waals surface area contributed by atoms with Crippen LogP contribution in [0.15, 0.2) is 42.6 Å². The van der Waals surface area contributed by atoms with E-state index in [9.17, 15) is 4.79 Å². The van der Waals surface area contributed by atoms with Crippen molar-refractivity contribution in [3.05, 3.63) is 48.3 Å². The summed E-state index contributed by atoms with van der Waals surface area (Å²) in [5, 5.41) is 7.24. The highest BCUT2D eigenvalue weighted by molar-refractivity contribution is 5.92. The number of nitrogens with zero attached hydrogens (tertiary/aromatic N) is 3. The van der Waals surface area contributed by atoms with Crippen LogP contribution in [0.1, 0.15) is 23.3 Å². The average Bonchev–Trinajstić information content (AvgIpc) is 3.03. The summed E-state index contributed by atoms with van der Waals surface area (Å²) < 4.78 is 7.40. The lowest BCUT2D eigenvalue weighted by Crippen LogP contribution is -2.48. The number of piperidine rings is 1. The van der Waals surface area contributed by atoms with Gasteiger partial charge in [-0.25, -0.2) is 0 Å². The third-order valence-electron chi connectivity index (χ3n) is 4.21. The Labute approximate surface area is 142 Å². The lowest BCUT2D eigenvalue weighted by molar-refractivity contribution is 0.0890. The predicted octanol–water partition coefficient (Wildman–Crippen LogP) is 1.69. The maximum atomic E-state index is 12.2. The van der Waals surface area contributed by atoms with Gasteiger partial charge < -0.3 is 10.1 Å². The van der Waals surface area contributed by atoms with E-state index in [-0.39, 0.29) is 11.9 Å². The van der Waals surface area contributed by atoms with E-state index in [1.807, 2.05) is 37.4 Å². The molecule has 0 spiro atoms. The van der Waals surface area contributed by atoms with Crippen LogP contribution in [0.5, 0.6) is 5.75 Å². The minimum atomic E-state index is -0.0945. The zero-order chi connectivity index (χ0) is 16.8. The van der Waals surface area contributed by atoms with Crippen LogP contribution in [0.3, 0.4) is 0 Å². The second-order valence-electron chi connectivity index (χ2n) is 6.15. The van der Waals surface area contributed by atoms with Crippen molar-refractivity contribution >= 4 is 5.91 Å². The van der Waals surface area contributed by atoms with Crippen LogP contribution in [0.25, 0.3) is 0 Å². The summed E-state index contributed by atoms with van der Waals surface area (Å²) in [6.45, 7) is 3.43. The van der Waals surface area contributed by atoms with Gasteiger partial charge in [0.1, 0.15) is 18.1 Å². The van der Waals surface area contributed by atoms with Gasteiger partial charge in [-0.1, -0.05) is 18.2 Å². The fraction of sp³-hybridized carbons (Fsp3) is 0.444. The topological polar surface area (TPSA) is 59.4 Å². The molecule has 0 saturated carbocycles. The van der Waals surface area contributed by atoms with E-state index in [0.29, 0.717) is 12.3 Å². The molecule has 6 nitrogen and oxygen atoms in total. The van der Waals surface area contributed by atoms with Crippen molar-refractivity contribution in [3.63, 3.8) is 0 Å². The molecule has 1 aliphatic rings. The smallest absolute Gasteiger partial charge is 0.272 e. The molecule has 0 bridgehead atoms. The number of carbonyl (C=O) groups is 1. The number of nitrogens with one attached hydrogen (secondary N) is 1. The van der Waals surface area contributed by atoms with Gasteiger partial charge in [0.25, 0.3) is 5.91 Å². The minimum absolute atomic E-state index is 0.0945. The van der Waals surface area contributed by atoms with Gasteiger partial charge in [0.05, 0.1) is 0 Å². The van der Waals surface area contributed by atoms with Gasteiger partial charge in [-0.05, 0) is 37.6 Å². The number of hydrogen-bond acceptors (Lipinski definition) is 4. The maximum absolute atomic E-state index is 12.2. The average molecular weight is 328 g/mol. The normalized spacial score (nSPS) is 18.3. The van der Waals surface area contributed by atoms with Crippen LogP contribution >= 0.6 is 0 Å². The molecule has 1 unspecified atom stereocenters. The quantitative estimate of drug-likeness (QED) is 0.877. The van der Waals surface area contributed by atoms with Crippen LogP contribution in [-0.4, -0.2) is 52.9 Å². The molecule has 2 heterocycles. The Balaban J connectivity index is 1.43. The highest BCUT2D eigenvalue weighted by atomic mass is 16.5. The lowest BCUT2D eigenvalue weighted by atomic mass is 10.1. The third kappa shape index (κ3) is 4.58. The SMILES string of the molecule is Cn1ccc(C(=O)NC2CCCN(CCOc3ccccc3)C2)n1. The van der Waals surface area contributed by atoms with Gasteiger partial charge in [0.15, 0.2) is 0 Å². The molecule has 1 atom stereocenters. The molecular weight excluding hydrogens is 304 g/mol. The number of hydrogen-bond donors (Lipinski definition) is 1. The molecule has 0 radical (unpaired) electrons. The number of amides is 1. The van der Waals surface area contributed by atoms with E-state index in [4.69, 9.17) is 4.74 Å². The molecular formula is C18H24N4O2. The van der Waals surface area contributed by atoms with Crippen molar-refractivity contribution < 1.29 is 9.53 Å². The first kappa shape index (κ1) is 16.5. The maximum Gasteiger partial charge on any atom is 0.272 e. The molecule has 128 valence electrons. The van der Waals surface area contributed by atoms with Gasteiger partial charge in [-0.3, -0.25) is 14.4 Å². The first-order valence-corrected chi connectivity index (χ1v) is 8.41. The standard InChI is InChI=1S/C18H24N4O2/c1-21-11-9-17(20-21)18(23)19-15-6-5-10-22(14-15)12-13-24-16-7-3-2-4-8-16/h2-4,7-9,11,15H,5-6,10,12-14H2,1H3,(H,19,23). The van der Waals surface area contributed by atoms with Crippen LogP contribution in [0.2, 0.25) is 0 Å². The summed E-state index contributed by atoms with van der Waals surface area (Å²) in [5.74, 6) is 0.803. The van der Waals surface area contributed by atoms with E-state index >= 15 is 0 Å². The highest BCUT2D eigenvalue weighted by Crippen LogP contribution is 2.12. The molecule has 1 aromatic heterocycles. The van der Waals surface area contributed by atoms with Crippen molar-refractivity contribution in [2.75, 3.05) is 26.2 Å². The molecule has 0 aliphatic carbocycles. The highest BCUT2D eigenvalue weighted by Gasteiger charge is 2.22. The van der Waals surface area contributed by atoms with E-state index in [2.05, 4.69) is 15.3 Å². The third-order valence-corrected chi connectivity index (χ3v) is 4.21. The van der Waals surface area contributed by atoms with Gasteiger partial charge in [-0.15, -0.1) is 0 Å². The molecule has 1 aliphatic heterocycles. The number of ether oxygens (including phenoxy) is 1. The Morgan fingerprint density at radius 2 is 2.17 bits per heavy atom. The van der Waals surface area contributed by atoms with Crippen molar-refractivity contribution in [2.45, 2.75) is 18.9 Å². The van der Waals surface area contributed by atoms with E-state index in [1.165, 1.54) is 0 Å². The Morgan fingerprint density at radius 3 is 2.92 bits per heavy atom. The van der Waals surface area contributed by atoms with Crippen LogP contribution in [0.4, 0.5) is 0 Å². The molecule has 3 rings (SSSR count). The zero-order valence-electron chi connectivity index (χ0n) is 14.0. The van der Waals surface area contributed by atoms with Crippen molar-refractivity contribution in [1.82, 2.24) is 20.0 Å². The largest absolute Gasteiger partial charge is 0.492 e. The summed E-state index contributed by atoms with van der Waals surface area (Å²) in [6, 6.07) is 11.8. The van der Waals surface area contributed by atoms with Gasteiger partial charge in [0.2, 0.25) is 0 Å². The summed E-state index contributed by atoms with van der Waals surface area (Å²) in [6.07, 6.45) is 3.87. The molecule has 24 heavy (non-hydrogen) atoms. The molecule has 2 aromatic rings. The Hall–Kier alpha value is -2.34. The lowest BCUT2D eigenvalue weighted by Gasteiger charge is -2.32. The first-order valence-electron chi connectivity index (χ1n) is 8.41. The fourth-order valence-corrected chi connectivity index (χ4v) is 2.98. The number of rotatable bonds is 6. The Morgan fingerprint density at radius 1 is 1.33 bits per heavy atom. The Bertz CT molecular complexity index is 656. The molecule has 1 saturated heterocycles. The number of carbonyl (C=O) groups excluding carboxylic acids is 1. The molecule has 1 amide bonds. The number of likely N-dealkylation sites (tertiary alicyclic amines) is 1. The zero-order valence-corrected chi connectivity index (χ0v) is 14.0. The summed E-state index contributed by atoms with van der Waals surface area (Å²) in [4.78, 5) is 14.5. The monoisotopic (exact) mass is 328 g/mol. The second kappa shape index (κ2) is 7.97. The van der Waals surface area contributed by atoms with Crippen LogP contribution < -0.4 is 10.1 Å². The summed E-state index contributed by atoms with van der Waals surface area (Å²) in [5.41, 5.74) is 0.474. The van der Waals surface area contributed by atoms with E-state index in [0.717, 1.165) is 38.2 Å². The minimum Gasteiger partial charge on any atom is -0.492 e. The molecule has 1 aromatic carbocycles. The molecule has 1 fully saturated rings. The van der Waals surface area contributed by atoms with Gasteiger partial charge in [-0.2, -0.15) is 5.10 Å². The number of benzene rings is 1. The van der Waals surface area contributed by atoms with E-state index < -0.39 is 0 Å². The number of aromatic nitrogens is 2. The number of para-hydroxylation sites is 1. The summed E-state index contributed by atoms with van der Waals surface area (Å²) >= 11 is 0. The molecule has 6 heteroatoms. The van der Waals surface area contributed by atoms with Crippen LogP contribution in [-0.2, 0) is 7.05 Å². The van der Waals surface area contributed by atoms with Gasteiger partial charge in [0, 0.05) is 32.4 Å². The van der Waals surface area contributed by atoms with Crippen molar-refractivity contribution in [1.29, 1.82) is 0 Å². The summed E-state index contributed by atoms with van der Waals surface area (Å²) in [7, 11) is 1.81. The van der Waals surface area contributed by atoms with Gasteiger partial charge >= 0.3 is 0 Å². The number of aryl methyl sites for hydroxylation is 1. The van der Waals surface area contributed by atoms with E-state index in [1.54, 1.807) is 16.9 Å². The first-order chi connectivity index (χ1) is 11.7. The predicted molar refractivity (Wildman–Crippen MR) is 92.1 cm³/mol. The second-order valence-corrected chi connectivity index (χ2v) is 6.15. The van der Waals surface area contributed by atoms with Crippen molar-refractivity contribution in [2.24, 2.45) is 7.05 Å². The van der Waals surface area contributed by atoms with Crippen molar-refractivity contribution in [3.8, 4) is 5.75 Å². The molecule has 1 N–H and O–H groups in total. The fourth-order valence-electron chi connectivity index (χ4n) is 2.98. The Kier molecular flexibility index (Phi) is 5.48. The van der Waals surface area contributed by atoms with Crippen LogP contribution in [0, 0.1) is 0 Å².